The number of halogens is 1. The normalized spacial score (nSPS) is 15.6. The zero-order chi connectivity index (χ0) is 14.8. The van der Waals surface area contributed by atoms with Crippen molar-refractivity contribution in [3.8, 4) is 0 Å². The largest absolute Gasteiger partial charge is 0.341 e. The highest BCUT2D eigenvalue weighted by molar-refractivity contribution is 6.39. The number of rotatable bonds is 2. The van der Waals surface area contributed by atoms with Gasteiger partial charge in [0.2, 0.25) is 0 Å². The van der Waals surface area contributed by atoms with Crippen LogP contribution in [0.15, 0.2) is 48.5 Å². The first kappa shape index (κ1) is 13.3. The summed E-state index contributed by atoms with van der Waals surface area (Å²) in [6.45, 7) is 0. The molecule has 0 aliphatic heterocycles. The van der Waals surface area contributed by atoms with Gasteiger partial charge in [-0.3, -0.25) is 9.59 Å². The minimum Gasteiger partial charge on any atom is -0.341 e. The molecule has 0 spiro atoms. The van der Waals surface area contributed by atoms with Crippen LogP contribution in [0.2, 0.25) is 0 Å². The third kappa shape index (κ3) is 2.63. The number of amides is 2. The van der Waals surface area contributed by atoms with Crippen LogP contribution in [-0.4, -0.2) is 11.8 Å². The van der Waals surface area contributed by atoms with Gasteiger partial charge in [-0.05, 0) is 29.7 Å². The van der Waals surface area contributed by atoms with E-state index in [0.717, 1.165) is 11.1 Å². The fraction of sp³-hybridized carbons (Fsp3) is 0.125. The van der Waals surface area contributed by atoms with Gasteiger partial charge >= 0.3 is 11.8 Å². The van der Waals surface area contributed by atoms with E-state index in [4.69, 9.17) is 0 Å². The van der Waals surface area contributed by atoms with Crippen molar-refractivity contribution in [3.63, 3.8) is 0 Å². The van der Waals surface area contributed by atoms with Crippen molar-refractivity contribution >= 4 is 17.5 Å². The van der Waals surface area contributed by atoms with Crippen molar-refractivity contribution in [1.82, 2.24) is 5.32 Å². The average Bonchev–Trinajstić information content (AvgIpc) is 2.47. The van der Waals surface area contributed by atoms with Crippen LogP contribution in [0.25, 0.3) is 0 Å². The Morgan fingerprint density at radius 2 is 1.71 bits per heavy atom. The molecule has 0 aromatic heterocycles. The second kappa shape index (κ2) is 5.36. The molecule has 2 N–H and O–H groups in total. The number of hydrogen-bond acceptors (Lipinski definition) is 2. The van der Waals surface area contributed by atoms with Crippen molar-refractivity contribution in [2.45, 2.75) is 12.5 Å². The Kier molecular flexibility index (Phi) is 3.39. The van der Waals surface area contributed by atoms with E-state index >= 15 is 0 Å². The van der Waals surface area contributed by atoms with Crippen molar-refractivity contribution in [2.24, 2.45) is 0 Å². The van der Waals surface area contributed by atoms with E-state index in [1.807, 2.05) is 24.3 Å². The summed E-state index contributed by atoms with van der Waals surface area (Å²) in [5.74, 6) is -2.21. The second-order valence-electron chi connectivity index (χ2n) is 4.86. The third-order valence-electron chi connectivity index (χ3n) is 3.49. The van der Waals surface area contributed by atoms with Crippen LogP contribution in [0.1, 0.15) is 17.2 Å². The van der Waals surface area contributed by atoms with Gasteiger partial charge in [0.25, 0.3) is 0 Å². The summed E-state index contributed by atoms with van der Waals surface area (Å²) in [5.41, 5.74) is 2.17. The number of benzene rings is 2. The van der Waals surface area contributed by atoms with Crippen LogP contribution in [0.3, 0.4) is 0 Å². The summed E-state index contributed by atoms with van der Waals surface area (Å²) >= 11 is 0. The minimum absolute atomic E-state index is 0.00772. The second-order valence-corrected chi connectivity index (χ2v) is 4.86. The Balaban J connectivity index is 1.62. The van der Waals surface area contributed by atoms with Gasteiger partial charge in [-0.2, -0.15) is 0 Å². The van der Waals surface area contributed by atoms with Gasteiger partial charge in [-0.25, -0.2) is 4.39 Å². The Labute approximate surface area is 121 Å². The average molecular weight is 284 g/mol. The molecule has 2 aromatic rings. The van der Waals surface area contributed by atoms with Crippen molar-refractivity contribution in [1.29, 1.82) is 0 Å². The molecule has 21 heavy (non-hydrogen) atoms. The maximum atomic E-state index is 13.4. The van der Waals surface area contributed by atoms with Crippen LogP contribution in [0.4, 0.5) is 10.1 Å². The zero-order valence-electron chi connectivity index (χ0n) is 11.1. The topological polar surface area (TPSA) is 58.2 Å². The van der Waals surface area contributed by atoms with E-state index in [1.54, 1.807) is 6.07 Å². The first-order valence-electron chi connectivity index (χ1n) is 6.59. The van der Waals surface area contributed by atoms with Crippen LogP contribution in [0.5, 0.6) is 0 Å². The standard InChI is InChI=1S/C16H13FN2O2/c17-12-7-3-4-8-13(12)18-15(20)16(21)19-14-9-10-5-1-2-6-11(10)14/h1-8,14H,9H2,(H,18,20)(H,19,21). The quantitative estimate of drug-likeness (QED) is 0.830. The third-order valence-corrected chi connectivity index (χ3v) is 3.49. The fourth-order valence-electron chi connectivity index (χ4n) is 2.35. The van der Waals surface area contributed by atoms with Crippen LogP contribution in [0, 0.1) is 5.82 Å². The number of fused-ring (bicyclic) bond motifs is 1. The molecule has 3 rings (SSSR count). The molecule has 1 aliphatic rings. The van der Waals surface area contributed by atoms with E-state index in [9.17, 15) is 14.0 Å². The monoisotopic (exact) mass is 284 g/mol. The van der Waals surface area contributed by atoms with Gasteiger partial charge in [0.1, 0.15) is 5.82 Å². The smallest absolute Gasteiger partial charge is 0.313 e. The summed E-state index contributed by atoms with van der Waals surface area (Å²) in [6, 6.07) is 13.3. The summed E-state index contributed by atoms with van der Waals surface area (Å²) < 4.78 is 13.4. The molecule has 0 saturated heterocycles. The van der Waals surface area contributed by atoms with Crippen LogP contribution >= 0.6 is 0 Å². The lowest BCUT2D eigenvalue weighted by molar-refractivity contribution is -0.136. The molecule has 0 fully saturated rings. The Bertz CT molecular complexity index is 715. The molecule has 0 bridgehead atoms. The van der Waals surface area contributed by atoms with Gasteiger partial charge in [0, 0.05) is 0 Å². The fourth-order valence-corrected chi connectivity index (χ4v) is 2.35. The molecule has 0 heterocycles. The highest BCUT2D eigenvalue weighted by Gasteiger charge is 2.28. The highest BCUT2D eigenvalue weighted by Crippen LogP contribution is 2.32. The van der Waals surface area contributed by atoms with Crippen LogP contribution < -0.4 is 10.6 Å². The maximum Gasteiger partial charge on any atom is 0.313 e. The molecule has 5 heteroatoms. The molecule has 1 aliphatic carbocycles. The van der Waals surface area contributed by atoms with Gasteiger partial charge in [0.05, 0.1) is 11.7 Å². The number of hydrogen-bond donors (Lipinski definition) is 2. The molecule has 1 atom stereocenters. The number of carbonyl (C=O) groups excluding carboxylic acids is 2. The van der Waals surface area contributed by atoms with Gasteiger partial charge in [-0.1, -0.05) is 36.4 Å². The van der Waals surface area contributed by atoms with E-state index in [0.29, 0.717) is 6.42 Å². The Morgan fingerprint density at radius 1 is 1.00 bits per heavy atom. The van der Waals surface area contributed by atoms with E-state index < -0.39 is 17.6 Å². The molecular formula is C16H13FN2O2. The Morgan fingerprint density at radius 3 is 2.48 bits per heavy atom. The lowest BCUT2D eigenvalue weighted by atomic mass is 9.83. The molecular weight excluding hydrogens is 271 g/mol. The predicted molar refractivity (Wildman–Crippen MR) is 76.1 cm³/mol. The molecule has 2 amide bonds. The van der Waals surface area contributed by atoms with E-state index in [-0.39, 0.29) is 11.7 Å². The number of carbonyl (C=O) groups is 2. The molecule has 106 valence electrons. The van der Waals surface area contributed by atoms with Gasteiger partial charge in [-0.15, -0.1) is 0 Å². The number of para-hydroxylation sites is 1. The molecule has 0 radical (unpaired) electrons. The maximum absolute atomic E-state index is 13.4. The first-order valence-corrected chi connectivity index (χ1v) is 6.59. The van der Waals surface area contributed by atoms with Crippen LogP contribution in [-0.2, 0) is 16.0 Å². The molecule has 2 aromatic carbocycles. The molecule has 1 unspecified atom stereocenters. The summed E-state index contributed by atoms with van der Waals surface area (Å²) in [5, 5.41) is 4.90. The summed E-state index contributed by atoms with van der Waals surface area (Å²) in [6.07, 6.45) is 0.703. The summed E-state index contributed by atoms with van der Waals surface area (Å²) in [4.78, 5) is 23.6. The molecule has 4 nitrogen and oxygen atoms in total. The predicted octanol–water partition coefficient (Wildman–Crippen LogP) is 2.18. The van der Waals surface area contributed by atoms with E-state index in [1.165, 1.54) is 18.2 Å². The number of anilines is 1. The Hall–Kier alpha value is -2.69. The molecule has 0 saturated carbocycles. The van der Waals surface area contributed by atoms with Gasteiger partial charge in [0.15, 0.2) is 0 Å². The van der Waals surface area contributed by atoms with Crippen molar-refractivity contribution in [2.75, 3.05) is 5.32 Å². The van der Waals surface area contributed by atoms with Crippen molar-refractivity contribution in [3.05, 3.63) is 65.5 Å². The lowest BCUT2D eigenvalue weighted by Crippen LogP contribution is -2.41. The van der Waals surface area contributed by atoms with Crippen molar-refractivity contribution < 1.29 is 14.0 Å². The first-order chi connectivity index (χ1) is 10.1. The zero-order valence-corrected chi connectivity index (χ0v) is 11.1. The lowest BCUT2D eigenvalue weighted by Gasteiger charge is -2.30. The summed E-state index contributed by atoms with van der Waals surface area (Å²) in [7, 11) is 0. The minimum atomic E-state index is -0.871. The highest BCUT2D eigenvalue weighted by atomic mass is 19.1. The van der Waals surface area contributed by atoms with E-state index in [2.05, 4.69) is 10.6 Å². The SMILES string of the molecule is O=C(Nc1ccccc1F)C(=O)NC1Cc2ccccc21. The van der Waals surface area contributed by atoms with Gasteiger partial charge < -0.3 is 10.6 Å². The number of nitrogens with one attached hydrogen (secondary N) is 2.